The van der Waals surface area contributed by atoms with Crippen molar-refractivity contribution in [1.29, 1.82) is 0 Å². The summed E-state index contributed by atoms with van der Waals surface area (Å²) >= 11 is 0. The molecule has 0 aliphatic rings. The first kappa shape index (κ1) is 16.8. The molecule has 0 amide bonds. The number of para-hydroxylation sites is 2. The molecule has 2 nitrogen and oxygen atoms in total. The van der Waals surface area contributed by atoms with Gasteiger partial charge in [-0.15, -0.1) is 12.4 Å². The molecule has 0 aliphatic carbocycles. The predicted octanol–water partition coefficient (Wildman–Crippen LogP) is 4.90. The molecule has 0 heterocycles. The number of hydrogen-bond acceptors (Lipinski definition) is 2. The molecule has 2 rings (SSSR count). The third-order valence-corrected chi connectivity index (χ3v) is 3.19. The Hall–Kier alpha value is -1.24. The Morgan fingerprint density at radius 3 is 1.60 bits per heavy atom. The van der Waals surface area contributed by atoms with Crippen LogP contribution in [0.2, 0.25) is 0 Å². The van der Waals surface area contributed by atoms with Gasteiger partial charge in [-0.25, -0.2) is 0 Å². The lowest BCUT2D eigenvalue weighted by Gasteiger charge is -2.31. The average Bonchev–Trinajstić information content (AvgIpc) is 2.41. The topological polar surface area (TPSA) is 18.5 Å². The lowest BCUT2D eigenvalue weighted by molar-refractivity contribution is -0.0374. The van der Waals surface area contributed by atoms with Gasteiger partial charge >= 0.3 is 0 Å². The van der Waals surface area contributed by atoms with Crippen molar-refractivity contribution in [2.75, 3.05) is 0 Å². The van der Waals surface area contributed by atoms with Crippen LogP contribution in [0.5, 0.6) is 11.5 Å². The number of ether oxygens (including phenoxy) is 2. The summed E-state index contributed by atoms with van der Waals surface area (Å²) < 4.78 is 12.0. The van der Waals surface area contributed by atoms with Crippen LogP contribution < -0.4 is 9.47 Å². The minimum Gasteiger partial charge on any atom is -0.449 e. The van der Waals surface area contributed by atoms with E-state index in [4.69, 9.17) is 9.47 Å². The fraction of sp³-hybridized carbons (Fsp3) is 0.250. The normalized spacial score (nSPS) is 10.5. The van der Waals surface area contributed by atoms with Gasteiger partial charge in [-0.05, 0) is 39.9 Å². The molecular formula is C16H20ClO2P. The van der Waals surface area contributed by atoms with Gasteiger partial charge in [-0.2, -0.15) is 0 Å². The molecule has 4 heteroatoms. The lowest BCUT2D eigenvalue weighted by Crippen LogP contribution is -2.35. The Morgan fingerprint density at radius 2 is 1.25 bits per heavy atom. The fourth-order valence-corrected chi connectivity index (χ4v) is 2.41. The van der Waals surface area contributed by atoms with Gasteiger partial charge in [-0.1, -0.05) is 43.3 Å². The maximum absolute atomic E-state index is 5.99. The van der Waals surface area contributed by atoms with E-state index in [2.05, 4.69) is 16.2 Å². The third kappa shape index (κ3) is 5.03. The van der Waals surface area contributed by atoms with Gasteiger partial charge in [-0.3, -0.25) is 0 Å². The van der Waals surface area contributed by atoms with E-state index in [9.17, 15) is 0 Å². The highest BCUT2D eigenvalue weighted by Crippen LogP contribution is 2.31. The summed E-state index contributed by atoms with van der Waals surface area (Å²) in [6, 6.07) is 19.5. The molecular weight excluding hydrogens is 291 g/mol. The van der Waals surface area contributed by atoms with Crippen LogP contribution in [0, 0.1) is 0 Å². The quantitative estimate of drug-likeness (QED) is 0.558. The third-order valence-electron chi connectivity index (χ3n) is 2.67. The maximum Gasteiger partial charge on any atom is 0.262 e. The van der Waals surface area contributed by atoms with Crippen LogP contribution in [-0.2, 0) is 0 Å². The second-order valence-corrected chi connectivity index (χ2v) is 5.27. The molecule has 0 aliphatic heterocycles. The standard InChI is InChI=1S/C16H19O2P.ClH/c1-2-13-16(19,17-14-9-5-3-6-10-14)18-15-11-7-4-8-12-15;/h3-12H,2,13,19H2,1H3;1H. The van der Waals surface area contributed by atoms with Crippen molar-refractivity contribution in [3.63, 3.8) is 0 Å². The first-order valence-corrected chi connectivity index (χ1v) is 7.06. The van der Waals surface area contributed by atoms with Crippen LogP contribution in [0.4, 0.5) is 0 Å². The summed E-state index contributed by atoms with van der Waals surface area (Å²) in [6.07, 6.45) is 1.77. The van der Waals surface area contributed by atoms with Gasteiger partial charge in [0.1, 0.15) is 11.5 Å². The second kappa shape index (κ2) is 8.14. The molecule has 0 saturated carbocycles. The molecule has 0 aromatic heterocycles. The average molecular weight is 311 g/mol. The highest BCUT2D eigenvalue weighted by Gasteiger charge is 2.27. The zero-order valence-electron chi connectivity index (χ0n) is 11.5. The largest absolute Gasteiger partial charge is 0.449 e. The van der Waals surface area contributed by atoms with Gasteiger partial charge in [0.2, 0.25) is 0 Å². The van der Waals surface area contributed by atoms with E-state index in [1.165, 1.54) is 0 Å². The highest BCUT2D eigenvalue weighted by atomic mass is 35.5. The van der Waals surface area contributed by atoms with Crippen molar-refractivity contribution in [2.45, 2.75) is 25.3 Å². The molecule has 108 valence electrons. The lowest BCUT2D eigenvalue weighted by atomic mass is 10.3. The molecule has 0 radical (unpaired) electrons. The number of benzene rings is 2. The Kier molecular flexibility index (Phi) is 6.84. The van der Waals surface area contributed by atoms with Crippen molar-refractivity contribution in [3.8, 4) is 11.5 Å². The van der Waals surface area contributed by atoms with E-state index < -0.39 is 5.53 Å². The molecule has 0 N–H and O–H groups in total. The minimum absolute atomic E-state index is 0. The van der Waals surface area contributed by atoms with Crippen molar-refractivity contribution in [2.24, 2.45) is 0 Å². The van der Waals surface area contributed by atoms with E-state index in [0.717, 1.165) is 24.3 Å². The zero-order valence-corrected chi connectivity index (χ0v) is 13.5. The van der Waals surface area contributed by atoms with Crippen LogP contribution in [-0.4, -0.2) is 5.53 Å². The summed E-state index contributed by atoms with van der Waals surface area (Å²) in [7, 11) is 2.69. The highest BCUT2D eigenvalue weighted by molar-refractivity contribution is 7.18. The van der Waals surface area contributed by atoms with E-state index in [1.54, 1.807) is 0 Å². The fourth-order valence-electron chi connectivity index (χ4n) is 1.85. The molecule has 20 heavy (non-hydrogen) atoms. The zero-order chi connectivity index (χ0) is 13.6. The molecule has 0 bridgehead atoms. The van der Waals surface area contributed by atoms with Crippen molar-refractivity contribution >= 4 is 21.6 Å². The summed E-state index contributed by atoms with van der Waals surface area (Å²) in [4.78, 5) is 0. The summed E-state index contributed by atoms with van der Waals surface area (Å²) in [5, 5.41) is 0. The van der Waals surface area contributed by atoms with Gasteiger partial charge in [0.05, 0.1) is 0 Å². The van der Waals surface area contributed by atoms with E-state index >= 15 is 0 Å². The second-order valence-electron chi connectivity index (χ2n) is 4.39. The first-order chi connectivity index (χ1) is 9.22. The smallest absolute Gasteiger partial charge is 0.262 e. The number of rotatable bonds is 6. The van der Waals surface area contributed by atoms with E-state index in [1.807, 2.05) is 60.7 Å². The Balaban J connectivity index is 0.00000200. The molecule has 0 spiro atoms. The molecule has 1 unspecified atom stereocenters. The van der Waals surface area contributed by atoms with Crippen LogP contribution in [0.1, 0.15) is 19.8 Å². The van der Waals surface area contributed by atoms with Gasteiger partial charge < -0.3 is 9.47 Å². The molecule has 2 aromatic carbocycles. The number of hydrogen-bond donors (Lipinski definition) is 0. The van der Waals surface area contributed by atoms with Crippen LogP contribution in [0.3, 0.4) is 0 Å². The Bertz CT molecular complexity index is 449. The maximum atomic E-state index is 5.99. The molecule has 1 atom stereocenters. The van der Waals surface area contributed by atoms with Crippen LogP contribution in [0.25, 0.3) is 0 Å². The van der Waals surface area contributed by atoms with Crippen LogP contribution in [0.15, 0.2) is 60.7 Å². The minimum atomic E-state index is -0.725. The molecule has 2 aromatic rings. The van der Waals surface area contributed by atoms with Crippen LogP contribution >= 0.6 is 21.6 Å². The summed E-state index contributed by atoms with van der Waals surface area (Å²) in [6.45, 7) is 2.11. The molecule has 0 saturated heterocycles. The van der Waals surface area contributed by atoms with Gasteiger partial charge in [0.15, 0.2) is 0 Å². The predicted molar refractivity (Wildman–Crippen MR) is 88.7 cm³/mol. The van der Waals surface area contributed by atoms with Crippen molar-refractivity contribution < 1.29 is 9.47 Å². The summed E-state index contributed by atoms with van der Waals surface area (Å²) in [5.41, 5.74) is -0.725. The SMILES string of the molecule is CCCC(P)(Oc1ccccc1)Oc1ccccc1.Cl. The van der Waals surface area contributed by atoms with E-state index in [0.29, 0.717) is 0 Å². The Morgan fingerprint density at radius 1 is 0.850 bits per heavy atom. The monoisotopic (exact) mass is 310 g/mol. The van der Waals surface area contributed by atoms with Gasteiger partial charge in [0, 0.05) is 6.42 Å². The van der Waals surface area contributed by atoms with E-state index in [-0.39, 0.29) is 12.4 Å². The van der Waals surface area contributed by atoms with Crippen molar-refractivity contribution in [3.05, 3.63) is 60.7 Å². The summed E-state index contributed by atoms with van der Waals surface area (Å²) in [5.74, 6) is 1.61. The first-order valence-electron chi connectivity index (χ1n) is 6.49. The van der Waals surface area contributed by atoms with Gasteiger partial charge in [0.25, 0.3) is 5.53 Å². The Labute approximate surface area is 129 Å². The number of halogens is 1. The molecule has 0 fully saturated rings. The van der Waals surface area contributed by atoms with Crippen molar-refractivity contribution in [1.82, 2.24) is 0 Å².